The van der Waals surface area contributed by atoms with Gasteiger partial charge in [-0.05, 0) is 56.2 Å². The van der Waals surface area contributed by atoms with Crippen LogP contribution >= 0.6 is 0 Å². The molecule has 0 bridgehead atoms. The van der Waals surface area contributed by atoms with Crippen molar-refractivity contribution in [2.45, 2.75) is 70.8 Å². The van der Waals surface area contributed by atoms with Gasteiger partial charge < -0.3 is 24.6 Å². The van der Waals surface area contributed by atoms with Crippen LogP contribution in [0, 0.1) is 12.8 Å². The molecule has 1 aromatic carbocycles. The van der Waals surface area contributed by atoms with Crippen LogP contribution in [0.4, 0.5) is 11.4 Å². The number of hydrogen-bond acceptors (Lipinski definition) is 6. The van der Waals surface area contributed by atoms with Crippen molar-refractivity contribution in [3.8, 4) is 0 Å². The van der Waals surface area contributed by atoms with Gasteiger partial charge in [0, 0.05) is 31.9 Å². The number of amides is 1. The van der Waals surface area contributed by atoms with Crippen LogP contribution in [0.5, 0.6) is 0 Å². The molecule has 2 fully saturated rings. The zero-order valence-electron chi connectivity index (χ0n) is 20.3. The fraction of sp³-hybridized carbons (Fsp3) is 0.577. The number of carbonyl (C=O) groups excluding carboxylic acids is 1. The quantitative estimate of drug-likeness (QED) is 0.564. The fourth-order valence-electron chi connectivity index (χ4n) is 5.03. The van der Waals surface area contributed by atoms with E-state index in [9.17, 15) is 14.7 Å². The second kappa shape index (κ2) is 10.2. The maximum absolute atomic E-state index is 13.0. The average Bonchev–Trinajstić information content (AvgIpc) is 3.16. The Kier molecular flexibility index (Phi) is 7.26. The van der Waals surface area contributed by atoms with Crippen molar-refractivity contribution in [1.29, 1.82) is 0 Å². The lowest BCUT2D eigenvalue weighted by atomic mass is 9.64. The molecule has 34 heavy (non-hydrogen) atoms. The average molecular weight is 470 g/mol. The van der Waals surface area contributed by atoms with E-state index in [2.05, 4.69) is 29.2 Å². The molecule has 2 N–H and O–H groups in total. The number of rotatable bonds is 9. The molecule has 2 aliphatic rings. The van der Waals surface area contributed by atoms with Gasteiger partial charge in [0.1, 0.15) is 5.76 Å². The number of ether oxygens (including phenoxy) is 1. The Hall–Kier alpha value is -2.87. The minimum atomic E-state index is -0.873. The molecular weight excluding hydrogens is 434 g/mol. The van der Waals surface area contributed by atoms with E-state index in [1.165, 1.54) is 0 Å². The maximum atomic E-state index is 13.0. The standard InChI is InChI=1S/C26H35N3O5/c1-17(2)16-29(20-7-11-33-12-8-20)23-6-5-19(26(25(31)32)9-4-10-26)14-22(23)27-24(30)15-21-13-18(3)28-34-21/h5-6,13-14,17,20H,4,7-12,15-16H2,1-3H3,(H,27,30)(H,31,32). The molecule has 8 heteroatoms. The first-order valence-electron chi connectivity index (χ1n) is 12.2. The molecule has 1 aliphatic carbocycles. The highest BCUT2D eigenvalue weighted by atomic mass is 16.5. The summed E-state index contributed by atoms with van der Waals surface area (Å²) in [5.74, 6) is -0.106. The topological polar surface area (TPSA) is 105 Å². The van der Waals surface area contributed by atoms with Crippen LogP contribution in [-0.4, -0.2) is 47.9 Å². The van der Waals surface area contributed by atoms with Crippen molar-refractivity contribution < 1.29 is 24.0 Å². The third-order valence-electron chi connectivity index (χ3n) is 6.95. The second-order valence-electron chi connectivity index (χ2n) is 10.0. The summed E-state index contributed by atoms with van der Waals surface area (Å²) < 4.78 is 10.8. The van der Waals surface area contributed by atoms with Crippen molar-refractivity contribution in [2.24, 2.45) is 5.92 Å². The molecule has 184 valence electrons. The zero-order valence-corrected chi connectivity index (χ0v) is 20.3. The minimum absolute atomic E-state index is 0.0655. The molecule has 0 spiro atoms. The molecule has 1 saturated heterocycles. The first kappa shape index (κ1) is 24.3. The molecule has 1 aromatic heterocycles. The summed E-state index contributed by atoms with van der Waals surface area (Å²) >= 11 is 0. The molecule has 2 heterocycles. The number of hydrogen-bond donors (Lipinski definition) is 2. The predicted molar refractivity (Wildman–Crippen MR) is 129 cm³/mol. The van der Waals surface area contributed by atoms with E-state index in [-0.39, 0.29) is 12.3 Å². The summed E-state index contributed by atoms with van der Waals surface area (Å²) in [6.07, 6.45) is 4.01. The van der Waals surface area contributed by atoms with Gasteiger partial charge in [0.05, 0.1) is 28.9 Å². The highest BCUT2D eigenvalue weighted by molar-refractivity contribution is 5.96. The van der Waals surface area contributed by atoms with E-state index >= 15 is 0 Å². The second-order valence-corrected chi connectivity index (χ2v) is 10.0. The van der Waals surface area contributed by atoms with E-state index in [0.29, 0.717) is 49.5 Å². The molecule has 4 rings (SSSR count). The first-order valence-corrected chi connectivity index (χ1v) is 12.2. The highest BCUT2D eigenvalue weighted by Crippen LogP contribution is 2.46. The summed E-state index contributed by atoms with van der Waals surface area (Å²) in [6, 6.07) is 7.85. The van der Waals surface area contributed by atoms with Crippen LogP contribution < -0.4 is 10.2 Å². The highest BCUT2D eigenvalue weighted by Gasteiger charge is 2.46. The van der Waals surface area contributed by atoms with Crippen LogP contribution in [0.1, 0.15) is 63.0 Å². The molecule has 1 aliphatic heterocycles. The summed E-state index contributed by atoms with van der Waals surface area (Å²) in [4.78, 5) is 27.5. The molecule has 1 amide bonds. The Labute approximate surface area is 200 Å². The largest absolute Gasteiger partial charge is 0.481 e. The summed E-state index contributed by atoms with van der Waals surface area (Å²) in [7, 11) is 0. The van der Waals surface area contributed by atoms with Crippen LogP contribution in [0.3, 0.4) is 0 Å². The third-order valence-corrected chi connectivity index (χ3v) is 6.95. The number of aliphatic carboxylic acids is 1. The Morgan fingerprint density at radius 1 is 1.24 bits per heavy atom. The zero-order chi connectivity index (χ0) is 24.3. The van der Waals surface area contributed by atoms with E-state index in [1.54, 1.807) is 6.07 Å². The van der Waals surface area contributed by atoms with Crippen molar-refractivity contribution >= 4 is 23.3 Å². The lowest BCUT2D eigenvalue weighted by Crippen LogP contribution is -2.43. The van der Waals surface area contributed by atoms with E-state index < -0.39 is 11.4 Å². The maximum Gasteiger partial charge on any atom is 0.314 e. The number of anilines is 2. The Bertz CT molecular complexity index is 1020. The third kappa shape index (κ3) is 5.12. The molecule has 0 radical (unpaired) electrons. The fourth-order valence-corrected chi connectivity index (χ4v) is 5.03. The van der Waals surface area contributed by atoms with Crippen LogP contribution in [0.15, 0.2) is 28.8 Å². The normalized spacial score (nSPS) is 17.9. The minimum Gasteiger partial charge on any atom is -0.481 e. The van der Waals surface area contributed by atoms with E-state index in [1.807, 2.05) is 25.1 Å². The van der Waals surface area contributed by atoms with Crippen LogP contribution in [0.2, 0.25) is 0 Å². The summed E-state index contributed by atoms with van der Waals surface area (Å²) in [6.45, 7) is 8.43. The number of carboxylic acid groups (broad SMARTS) is 1. The number of carbonyl (C=O) groups is 2. The van der Waals surface area contributed by atoms with Gasteiger partial charge in [0.15, 0.2) is 0 Å². The van der Waals surface area contributed by atoms with Gasteiger partial charge in [-0.1, -0.05) is 31.5 Å². The molecule has 0 unspecified atom stereocenters. The predicted octanol–water partition coefficient (Wildman–Crippen LogP) is 4.31. The number of nitrogens with one attached hydrogen (secondary N) is 1. The Morgan fingerprint density at radius 3 is 2.53 bits per heavy atom. The number of aryl methyl sites for hydroxylation is 1. The first-order chi connectivity index (χ1) is 16.3. The summed E-state index contributed by atoms with van der Waals surface area (Å²) in [5.41, 5.74) is 2.17. The van der Waals surface area contributed by atoms with Gasteiger partial charge >= 0.3 is 5.97 Å². The van der Waals surface area contributed by atoms with Gasteiger partial charge in [0.2, 0.25) is 5.91 Å². The number of aromatic nitrogens is 1. The Balaban J connectivity index is 1.69. The van der Waals surface area contributed by atoms with E-state index in [0.717, 1.165) is 42.8 Å². The van der Waals surface area contributed by atoms with Crippen molar-refractivity contribution in [1.82, 2.24) is 5.16 Å². The molecular formula is C26H35N3O5. The van der Waals surface area contributed by atoms with Gasteiger partial charge in [0.25, 0.3) is 0 Å². The van der Waals surface area contributed by atoms with Gasteiger partial charge in [-0.25, -0.2) is 0 Å². The molecule has 1 saturated carbocycles. The van der Waals surface area contributed by atoms with Gasteiger partial charge in [-0.2, -0.15) is 0 Å². The SMILES string of the molecule is Cc1cc(CC(=O)Nc2cc(C3(C(=O)O)CCC3)ccc2N(CC(C)C)C2CCOCC2)on1. The van der Waals surface area contributed by atoms with Gasteiger partial charge in [-0.15, -0.1) is 0 Å². The lowest BCUT2D eigenvalue weighted by Gasteiger charge is -2.40. The molecule has 8 nitrogen and oxygen atoms in total. The van der Waals surface area contributed by atoms with Crippen LogP contribution in [-0.2, 0) is 26.2 Å². The van der Waals surface area contributed by atoms with Gasteiger partial charge in [-0.3, -0.25) is 9.59 Å². The Morgan fingerprint density at radius 2 is 1.97 bits per heavy atom. The lowest BCUT2D eigenvalue weighted by molar-refractivity contribution is -0.147. The van der Waals surface area contributed by atoms with Crippen LogP contribution in [0.25, 0.3) is 0 Å². The number of carboxylic acids is 1. The molecule has 0 atom stereocenters. The molecule has 2 aromatic rings. The van der Waals surface area contributed by atoms with Crippen molar-refractivity contribution in [3.63, 3.8) is 0 Å². The smallest absolute Gasteiger partial charge is 0.314 e. The summed E-state index contributed by atoms with van der Waals surface area (Å²) in [5, 5.41) is 16.9. The van der Waals surface area contributed by atoms with Crippen molar-refractivity contribution in [2.75, 3.05) is 30.0 Å². The van der Waals surface area contributed by atoms with E-state index in [4.69, 9.17) is 9.26 Å². The van der Waals surface area contributed by atoms with Crippen molar-refractivity contribution in [3.05, 3.63) is 41.3 Å². The monoisotopic (exact) mass is 469 g/mol. The number of nitrogens with zero attached hydrogens (tertiary/aromatic N) is 2. The number of benzene rings is 1.